The van der Waals surface area contributed by atoms with Crippen molar-refractivity contribution in [2.45, 2.75) is 12.8 Å². The van der Waals surface area contributed by atoms with Gasteiger partial charge in [0.25, 0.3) is 5.91 Å². The van der Waals surface area contributed by atoms with Gasteiger partial charge in [0.15, 0.2) is 0 Å². The predicted molar refractivity (Wildman–Crippen MR) is 126 cm³/mol. The van der Waals surface area contributed by atoms with Gasteiger partial charge in [-0.25, -0.2) is 0 Å². The van der Waals surface area contributed by atoms with Gasteiger partial charge >= 0.3 is 0 Å². The average molecular weight is 445 g/mol. The summed E-state index contributed by atoms with van der Waals surface area (Å²) in [7, 11) is 0. The fraction of sp³-hybridized carbons (Fsp3) is 0.360. The number of anilines is 1. The van der Waals surface area contributed by atoms with Gasteiger partial charge in [-0.3, -0.25) is 19.7 Å². The molecule has 0 radical (unpaired) electrons. The van der Waals surface area contributed by atoms with Crippen LogP contribution in [0.15, 0.2) is 60.9 Å². The minimum atomic E-state index is -0.145. The fourth-order valence-electron chi connectivity index (χ4n) is 4.72. The van der Waals surface area contributed by atoms with Crippen LogP contribution in [0.25, 0.3) is 11.3 Å². The maximum Gasteiger partial charge on any atom is 0.271 e. The van der Waals surface area contributed by atoms with Crippen LogP contribution in [0, 0.1) is 5.92 Å². The maximum absolute atomic E-state index is 13.2. The second-order valence-electron chi connectivity index (χ2n) is 8.64. The van der Waals surface area contributed by atoms with E-state index >= 15 is 0 Å². The minimum Gasteiger partial charge on any atom is -0.368 e. The second kappa shape index (κ2) is 9.44. The number of pyridine rings is 1. The van der Waals surface area contributed by atoms with Crippen LogP contribution in [0.4, 0.5) is 5.69 Å². The molecule has 8 heteroatoms. The van der Waals surface area contributed by atoms with E-state index in [4.69, 9.17) is 0 Å². The molecule has 0 bridgehead atoms. The molecular weight excluding hydrogens is 416 g/mol. The summed E-state index contributed by atoms with van der Waals surface area (Å²) in [6.45, 7) is 4.21. The topological polar surface area (TPSA) is 85.4 Å². The van der Waals surface area contributed by atoms with Crippen LogP contribution < -0.4 is 4.90 Å². The van der Waals surface area contributed by atoms with Crippen LogP contribution >= 0.6 is 0 Å². The summed E-state index contributed by atoms with van der Waals surface area (Å²) >= 11 is 0. The number of piperidine rings is 1. The number of nitrogens with one attached hydrogen (secondary N) is 1. The van der Waals surface area contributed by atoms with Gasteiger partial charge in [0.1, 0.15) is 5.69 Å². The summed E-state index contributed by atoms with van der Waals surface area (Å²) in [5, 5.41) is 7.15. The quantitative estimate of drug-likeness (QED) is 0.669. The SMILES string of the molecule is O=C(c1cc(-c2ccncc2)n[nH]1)N1CCCC(C(=O)N2CCN(c3ccccc3)CC2)C1. The van der Waals surface area contributed by atoms with Crippen molar-refractivity contribution in [2.24, 2.45) is 5.92 Å². The number of rotatable bonds is 4. The summed E-state index contributed by atoms with van der Waals surface area (Å²) in [6.07, 6.45) is 5.06. The minimum absolute atomic E-state index is 0.103. The number of benzene rings is 1. The summed E-state index contributed by atoms with van der Waals surface area (Å²) in [5.41, 5.74) is 3.26. The van der Waals surface area contributed by atoms with Crippen LogP contribution in [0.2, 0.25) is 0 Å². The lowest BCUT2D eigenvalue weighted by Gasteiger charge is -2.39. The number of aromatic amines is 1. The van der Waals surface area contributed by atoms with Gasteiger partial charge in [0.2, 0.25) is 5.91 Å². The van der Waals surface area contributed by atoms with Crippen LogP contribution in [0.3, 0.4) is 0 Å². The van der Waals surface area contributed by atoms with Crippen molar-refractivity contribution in [3.05, 3.63) is 66.6 Å². The smallest absolute Gasteiger partial charge is 0.271 e. The van der Waals surface area contributed by atoms with Crippen LogP contribution in [0.5, 0.6) is 0 Å². The lowest BCUT2D eigenvalue weighted by molar-refractivity contribution is -0.137. The summed E-state index contributed by atoms with van der Waals surface area (Å²) in [5.74, 6) is -0.0786. The number of likely N-dealkylation sites (tertiary alicyclic amines) is 1. The molecule has 1 N–H and O–H groups in total. The molecule has 2 saturated heterocycles. The molecule has 0 spiro atoms. The van der Waals surface area contributed by atoms with E-state index in [2.05, 4.69) is 32.2 Å². The largest absolute Gasteiger partial charge is 0.368 e. The van der Waals surface area contributed by atoms with Crippen molar-refractivity contribution in [3.63, 3.8) is 0 Å². The Balaban J connectivity index is 1.19. The molecule has 33 heavy (non-hydrogen) atoms. The number of carbonyl (C=O) groups is 2. The molecule has 1 atom stereocenters. The van der Waals surface area contributed by atoms with Gasteiger partial charge in [-0.2, -0.15) is 5.10 Å². The molecule has 4 heterocycles. The maximum atomic E-state index is 13.2. The van der Waals surface area contributed by atoms with E-state index in [9.17, 15) is 9.59 Å². The first kappa shape index (κ1) is 21.2. The van der Waals surface area contributed by atoms with Gasteiger partial charge in [-0.15, -0.1) is 0 Å². The molecule has 8 nitrogen and oxygen atoms in total. The Kier molecular flexibility index (Phi) is 6.06. The monoisotopic (exact) mass is 444 g/mol. The molecule has 1 unspecified atom stereocenters. The zero-order valence-corrected chi connectivity index (χ0v) is 18.6. The van der Waals surface area contributed by atoms with Crippen LogP contribution in [-0.2, 0) is 4.79 Å². The third-order valence-corrected chi connectivity index (χ3v) is 6.55. The predicted octanol–water partition coefficient (Wildman–Crippen LogP) is 2.67. The Bertz CT molecular complexity index is 1090. The zero-order valence-electron chi connectivity index (χ0n) is 18.6. The van der Waals surface area contributed by atoms with Gasteiger partial charge in [-0.05, 0) is 43.2 Å². The molecule has 2 aromatic heterocycles. The van der Waals surface area contributed by atoms with Crippen molar-refractivity contribution in [1.29, 1.82) is 0 Å². The van der Waals surface area contributed by atoms with E-state index in [1.165, 1.54) is 5.69 Å². The Morgan fingerprint density at radius 1 is 0.909 bits per heavy atom. The highest BCUT2D eigenvalue weighted by Crippen LogP contribution is 2.23. The van der Waals surface area contributed by atoms with Crippen molar-refractivity contribution in [3.8, 4) is 11.3 Å². The van der Waals surface area contributed by atoms with Gasteiger partial charge < -0.3 is 14.7 Å². The number of hydrogen-bond donors (Lipinski definition) is 1. The number of amides is 2. The Hall–Kier alpha value is -3.68. The van der Waals surface area contributed by atoms with Crippen molar-refractivity contribution >= 4 is 17.5 Å². The lowest BCUT2D eigenvalue weighted by atomic mass is 9.96. The van der Waals surface area contributed by atoms with Crippen LogP contribution in [0.1, 0.15) is 23.3 Å². The summed E-state index contributed by atoms with van der Waals surface area (Å²) < 4.78 is 0. The second-order valence-corrected chi connectivity index (χ2v) is 8.64. The van der Waals surface area contributed by atoms with Crippen LogP contribution in [-0.4, -0.2) is 76.1 Å². The molecule has 5 rings (SSSR count). The van der Waals surface area contributed by atoms with E-state index in [1.54, 1.807) is 23.4 Å². The van der Waals surface area contributed by atoms with E-state index in [-0.39, 0.29) is 17.7 Å². The summed E-state index contributed by atoms with van der Waals surface area (Å²) in [4.78, 5) is 36.4. The number of carbonyl (C=O) groups excluding carboxylic acids is 2. The first-order chi connectivity index (χ1) is 16.2. The molecule has 2 aliphatic heterocycles. The van der Waals surface area contributed by atoms with Crippen molar-refractivity contribution < 1.29 is 9.59 Å². The molecule has 170 valence electrons. The molecule has 2 amide bonds. The highest BCUT2D eigenvalue weighted by atomic mass is 16.2. The number of H-pyrrole nitrogens is 1. The Morgan fingerprint density at radius 2 is 1.67 bits per heavy atom. The first-order valence-corrected chi connectivity index (χ1v) is 11.5. The number of aromatic nitrogens is 3. The molecular formula is C25H28N6O2. The molecule has 2 fully saturated rings. The van der Waals surface area contributed by atoms with E-state index in [1.807, 2.05) is 35.2 Å². The Morgan fingerprint density at radius 3 is 2.42 bits per heavy atom. The number of para-hydroxylation sites is 1. The summed E-state index contributed by atoms with van der Waals surface area (Å²) in [6, 6.07) is 15.8. The number of piperazine rings is 1. The van der Waals surface area contributed by atoms with Gasteiger partial charge in [0.05, 0.1) is 11.6 Å². The highest BCUT2D eigenvalue weighted by molar-refractivity contribution is 5.94. The normalized spacial score (nSPS) is 18.9. The van der Waals surface area contributed by atoms with Gasteiger partial charge in [-0.1, -0.05) is 18.2 Å². The number of nitrogens with zero attached hydrogens (tertiary/aromatic N) is 5. The molecule has 2 aliphatic rings. The Labute approximate surface area is 193 Å². The first-order valence-electron chi connectivity index (χ1n) is 11.5. The third kappa shape index (κ3) is 4.60. The van der Waals surface area contributed by atoms with Gasteiger partial charge in [0, 0.05) is 62.9 Å². The van der Waals surface area contributed by atoms with Crippen molar-refractivity contribution in [2.75, 3.05) is 44.2 Å². The fourth-order valence-corrected chi connectivity index (χ4v) is 4.72. The standard InChI is InChI=1S/C25H28N6O2/c32-24(30-15-13-29(14-16-30)21-6-2-1-3-7-21)20-5-4-12-31(18-20)25(33)23-17-22(27-28-23)19-8-10-26-11-9-19/h1-3,6-11,17,20H,4-5,12-16,18H2,(H,27,28). The molecule has 1 aromatic carbocycles. The average Bonchev–Trinajstić information content (AvgIpc) is 3.39. The molecule has 0 saturated carbocycles. The molecule has 3 aromatic rings. The molecule has 0 aliphatic carbocycles. The highest BCUT2D eigenvalue weighted by Gasteiger charge is 2.33. The van der Waals surface area contributed by atoms with E-state index in [0.29, 0.717) is 37.6 Å². The lowest BCUT2D eigenvalue weighted by Crippen LogP contribution is -2.53. The zero-order chi connectivity index (χ0) is 22.6. The third-order valence-electron chi connectivity index (χ3n) is 6.55. The van der Waals surface area contributed by atoms with Crippen molar-refractivity contribution in [1.82, 2.24) is 25.0 Å². The van der Waals surface area contributed by atoms with E-state index in [0.717, 1.165) is 31.5 Å². The van der Waals surface area contributed by atoms with E-state index < -0.39 is 0 Å². The number of hydrogen-bond acceptors (Lipinski definition) is 5.